The van der Waals surface area contributed by atoms with E-state index in [0.29, 0.717) is 25.9 Å². The van der Waals surface area contributed by atoms with E-state index in [1.165, 1.54) is 16.8 Å². The number of rotatable bonds is 3. The summed E-state index contributed by atoms with van der Waals surface area (Å²) in [6, 6.07) is 0. The maximum absolute atomic E-state index is 12.1. The number of aliphatic hydroxyl groups excluding tert-OH is 1. The number of aliphatic hydroxyl groups is 1. The average Bonchev–Trinajstić information content (AvgIpc) is 2.83. The molecule has 0 spiro atoms. The highest BCUT2D eigenvalue weighted by Crippen LogP contribution is 2.24. The van der Waals surface area contributed by atoms with Crippen LogP contribution in [0.5, 0.6) is 0 Å². The Morgan fingerprint density at radius 1 is 1.53 bits per heavy atom. The SMILES string of the molecule is CC(O)C1CCN(S(=O)(=O)c2cnc[nH]2)CC1. The van der Waals surface area contributed by atoms with Crippen LogP contribution in [-0.2, 0) is 10.0 Å². The molecule has 2 N–H and O–H groups in total. The van der Waals surface area contributed by atoms with E-state index in [1.807, 2.05) is 0 Å². The van der Waals surface area contributed by atoms with Gasteiger partial charge in [-0.2, -0.15) is 4.31 Å². The Morgan fingerprint density at radius 3 is 2.65 bits per heavy atom. The Balaban J connectivity index is 2.07. The van der Waals surface area contributed by atoms with E-state index in [2.05, 4.69) is 9.97 Å². The molecule has 1 aliphatic heterocycles. The van der Waals surface area contributed by atoms with E-state index >= 15 is 0 Å². The van der Waals surface area contributed by atoms with Crippen molar-refractivity contribution in [2.24, 2.45) is 5.92 Å². The summed E-state index contributed by atoms with van der Waals surface area (Å²) in [4.78, 5) is 6.34. The first kappa shape index (κ1) is 12.5. The Kier molecular flexibility index (Phi) is 3.50. The minimum atomic E-state index is -3.43. The number of hydrogen-bond acceptors (Lipinski definition) is 4. The summed E-state index contributed by atoms with van der Waals surface area (Å²) >= 11 is 0. The van der Waals surface area contributed by atoms with Crippen molar-refractivity contribution in [3.8, 4) is 0 Å². The topological polar surface area (TPSA) is 86.3 Å². The summed E-state index contributed by atoms with van der Waals surface area (Å²) < 4.78 is 25.7. The first-order valence-electron chi connectivity index (χ1n) is 5.68. The number of H-pyrrole nitrogens is 1. The molecule has 1 aliphatic rings. The maximum atomic E-state index is 12.1. The van der Waals surface area contributed by atoms with Gasteiger partial charge in [0.15, 0.2) is 5.03 Å². The second-order valence-electron chi connectivity index (χ2n) is 4.40. The van der Waals surface area contributed by atoms with Crippen molar-refractivity contribution < 1.29 is 13.5 Å². The van der Waals surface area contributed by atoms with Gasteiger partial charge in [-0.05, 0) is 25.7 Å². The van der Waals surface area contributed by atoms with Crippen molar-refractivity contribution in [3.05, 3.63) is 12.5 Å². The van der Waals surface area contributed by atoms with Crippen molar-refractivity contribution in [3.63, 3.8) is 0 Å². The Morgan fingerprint density at radius 2 is 2.18 bits per heavy atom. The molecular weight excluding hydrogens is 242 g/mol. The number of piperidine rings is 1. The minimum Gasteiger partial charge on any atom is -0.393 e. The normalized spacial score (nSPS) is 21.5. The smallest absolute Gasteiger partial charge is 0.260 e. The highest BCUT2D eigenvalue weighted by molar-refractivity contribution is 7.89. The predicted octanol–water partition coefficient (Wildman–Crippen LogP) is 0.191. The van der Waals surface area contributed by atoms with Crippen LogP contribution in [0.15, 0.2) is 17.6 Å². The van der Waals surface area contributed by atoms with Gasteiger partial charge in [0.1, 0.15) is 0 Å². The lowest BCUT2D eigenvalue weighted by Gasteiger charge is -2.31. The zero-order valence-corrected chi connectivity index (χ0v) is 10.5. The molecule has 2 rings (SSSR count). The summed E-state index contributed by atoms with van der Waals surface area (Å²) in [5, 5.41) is 9.60. The fraction of sp³-hybridized carbons (Fsp3) is 0.700. The lowest BCUT2D eigenvalue weighted by Crippen LogP contribution is -2.40. The number of nitrogens with zero attached hydrogens (tertiary/aromatic N) is 2. The zero-order valence-electron chi connectivity index (χ0n) is 9.70. The number of aromatic amines is 1. The quantitative estimate of drug-likeness (QED) is 0.811. The van der Waals surface area contributed by atoms with Crippen LogP contribution in [0.4, 0.5) is 0 Å². The van der Waals surface area contributed by atoms with Crippen molar-refractivity contribution >= 4 is 10.0 Å². The van der Waals surface area contributed by atoms with Crippen LogP contribution in [0.25, 0.3) is 0 Å². The lowest BCUT2D eigenvalue weighted by atomic mass is 9.93. The molecule has 1 aromatic rings. The van der Waals surface area contributed by atoms with Crippen molar-refractivity contribution in [2.45, 2.75) is 30.9 Å². The minimum absolute atomic E-state index is 0.132. The van der Waals surface area contributed by atoms with Crippen LogP contribution in [0.3, 0.4) is 0 Å². The van der Waals surface area contributed by atoms with Crippen LogP contribution in [-0.4, -0.2) is 47.0 Å². The van der Waals surface area contributed by atoms with Crippen LogP contribution in [0.2, 0.25) is 0 Å². The lowest BCUT2D eigenvalue weighted by molar-refractivity contribution is 0.0911. The number of hydrogen-bond donors (Lipinski definition) is 2. The largest absolute Gasteiger partial charge is 0.393 e. The molecule has 7 heteroatoms. The molecule has 0 bridgehead atoms. The summed E-state index contributed by atoms with van der Waals surface area (Å²) in [5.74, 6) is 0.197. The molecule has 1 fully saturated rings. The van der Waals surface area contributed by atoms with Gasteiger partial charge >= 0.3 is 0 Å². The number of nitrogens with one attached hydrogen (secondary N) is 1. The van der Waals surface area contributed by atoms with E-state index in [4.69, 9.17) is 0 Å². The molecule has 17 heavy (non-hydrogen) atoms. The second kappa shape index (κ2) is 4.75. The van der Waals surface area contributed by atoms with Gasteiger partial charge in [0.25, 0.3) is 10.0 Å². The van der Waals surface area contributed by atoms with Crippen LogP contribution in [0.1, 0.15) is 19.8 Å². The summed E-state index contributed by atoms with van der Waals surface area (Å²) in [6.07, 6.45) is 3.70. The molecule has 96 valence electrons. The molecule has 0 amide bonds. The first-order valence-corrected chi connectivity index (χ1v) is 7.12. The molecular formula is C10H17N3O3S. The monoisotopic (exact) mass is 259 g/mol. The highest BCUT2D eigenvalue weighted by Gasteiger charge is 2.31. The highest BCUT2D eigenvalue weighted by atomic mass is 32.2. The number of aromatic nitrogens is 2. The Hall–Kier alpha value is -0.920. The molecule has 1 atom stereocenters. The van der Waals surface area contributed by atoms with Gasteiger partial charge in [0.2, 0.25) is 0 Å². The molecule has 6 nitrogen and oxygen atoms in total. The summed E-state index contributed by atoms with van der Waals surface area (Å²) in [6.45, 7) is 2.66. The summed E-state index contributed by atoms with van der Waals surface area (Å²) in [7, 11) is -3.43. The number of sulfonamides is 1. The van der Waals surface area contributed by atoms with Gasteiger partial charge in [-0.3, -0.25) is 0 Å². The van der Waals surface area contributed by atoms with Crippen LogP contribution < -0.4 is 0 Å². The van der Waals surface area contributed by atoms with Gasteiger partial charge in [-0.1, -0.05) is 0 Å². The fourth-order valence-corrected chi connectivity index (χ4v) is 3.49. The molecule has 0 radical (unpaired) electrons. The second-order valence-corrected chi connectivity index (χ2v) is 6.30. The first-order chi connectivity index (χ1) is 8.01. The molecule has 0 saturated carbocycles. The third-order valence-corrected chi connectivity index (χ3v) is 5.10. The average molecular weight is 259 g/mol. The van der Waals surface area contributed by atoms with E-state index in [1.54, 1.807) is 6.92 Å². The maximum Gasteiger partial charge on any atom is 0.260 e. The number of imidazole rings is 1. The summed E-state index contributed by atoms with van der Waals surface area (Å²) in [5.41, 5.74) is 0. The van der Waals surface area contributed by atoms with Gasteiger partial charge in [0.05, 0.1) is 18.6 Å². The van der Waals surface area contributed by atoms with E-state index < -0.39 is 10.0 Å². The van der Waals surface area contributed by atoms with Gasteiger partial charge < -0.3 is 10.1 Å². The molecule has 0 aliphatic carbocycles. The van der Waals surface area contributed by atoms with E-state index in [-0.39, 0.29) is 17.0 Å². The zero-order chi connectivity index (χ0) is 12.5. The standard InChI is InChI=1S/C10H17N3O3S/c1-8(14)9-2-4-13(5-3-9)17(15,16)10-6-11-7-12-10/h6-9,14H,2-5H2,1H3,(H,11,12). The van der Waals surface area contributed by atoms with E-state index in [9.17, 15) is 13.5 Å². The molecule has 1 unspecified atom stereocenters. The molecule has 1 saturated heterocycles. The molecule has 2 heterocycles. The van der Waals surface area contributed by atoms with Gasteiger partial charge in [-0.15, -0.1) is 0 Å². The Bertz CT molecular complexity index is 447. The van der Waals surface area contributed by atoms with Gasteiger partial charge in [-0.25, -0.2) is 13.4 Å². The van der Waals surface area contributed by atoms with Crippen LogP contribution >= 0.6 is 0 Å². The van der Waals surface area contributed by atoms with E-state index in [0.717, 1.165) is 0 Å². The molecule has 0 aromatic carbocycles. The third kappa shape index (κ3) is 2.51. The van der Waals surface area contributed by atoms with Crippen molar-refractivity contribution in [2.75, 3.05) is 13.1 Å². The fourth-order valence-electron chi connectivity index (χ4n) is 2.12. The van der Waals surface area contributed by atoms with Crippen LogP contribution in [0, 0.1) is 5.92 Å². The third-order valence-electron chi connectivity index (χ3n) is 3.27. The van der Waals surface area contributed by atoms with Gasteiger partial charge in [0, 0.05) is 13.1 Å². The Labute approximate surface area is 101 Å². The predicted molar refractivity (Wildman–Crippen MR) is 61.8 cm³/mol. The molecule has 1 aromatic heterocycles. The van der Waals surface area contributed by atoms with Crippen molar-refractivity contribution in [1.82, 2.24) is 14.3 Å². The van der Waals surface area contributed by atoms with Crippen molar-refractivity contribution in [1.29, 1.82) is 0 Å².